The molecule has 2 aliphatic rings. The molecule has 30 heavy (non-hydrogen) atoms. The van der Waals surface area contributed by atoms with Crippen LogP contribution in [0.5, 0.6) is 0 Å². The first kappa shape index (κ1) is 24.9. The highest BCUT2D eigenvalue weighted by atomic mass is 79.9. The highest BCUT2D eigenvalue weighted by molar-refractivity contribution is 9.11. The van der Waals surface area contributed by atoms with Gasteiger partial charge in [0.05, 0.1) is 10.5 Å². The molecule has 170 valence electrons. The number of unbranched alkanes of at least 4 members (excludes halogenated alkanes) is 3. The number of aliphatic hydroxyl groups is 2. The predicted molar refractivity (Wildman–Crippen MR) is 110 cm³/mol. The molecule has 0 bridgehead atoms. The van der Waals surface area contributed by atoms with Crippen molar-refractivity contribution in [2.45, 2.75) is 70.0 Å². The Bertz CT molecular complexity index is 682. The van der Waals surface area contributed by atoms with Crippen molar-refractivity contribution in [2.75, 3.05) is 20.3 Å². The molecule has 2 aliphatic heterocycles. The zero-order chi connectivity index (χ0) is 22.5. The largest absolute Gasteiger partial charge is 0.447 e. The van der Waals surface area contributed by atoms with Crippen LogP contribution in [0.4, 0.5) is 4.79 Å². The van der Waals surface area contributed by atoms with Crippen LogP contribution in [0.25, 0.3) is 0 Å². The highest BCUT2D eigenvalue weighted by Gasteiger charge is 2.50. The van der Waals surface area contributed by atoms with Gasteiger partial charge in [0, 0.05) is 20.1 Å². The maximum Gasteiger partial charge on any atom is 0.417 e. The summed E-state index contributed by atoms with van der Waals surface area (Å²) in [7, 11) is 1.24. The number of carbonyl (C=O) groups is 3. The van der Waals surface area contributed by atoms with E-state index in [4.69, 9.17) is 19.3 Å². The number of rotatable bonds is 10. The first-order valence-electron chi connectivity index (χ1n) is 10.1. The van der Waals surface area contributed by atoms with Crippen molar-refractivity contribution in [3.63, 3.8) is 0 Å². The molecule has 0 radical (unpaired) electrons. The molecule has 2 amide bonds. The minimum Gasteiger partial charge on any atom is -0.447 e. The van der Waals surface area contributed by atoms with E-state index >= 15 is 0 Å². The number of ether oxygens (including phenoxy) is 3. The van der Waals surface area contributed by atoms with Crippen LogP contribution in [0.1, 0.15) is 46.0 Å². The van der Waals surface area contributed by atoms with Gasteiger partial charge >= 0.3 is 6.09 Å². The van der Waals surface area contributed by atoms with Gasteiger partial charge in [-0.25, -0.2) is 9.69 Å². The predicted octanol–water partition coefficient (Wildman–Crippen LogP) is 1.88. The second-order valence-electron chi connectivity index (χ2n) is 7.86. The van der Waals surface area contributed by atoms with Crippen molar-refractivity contribution in [2.24, 2.45) is 5.92 Å². The zero-order valence-corrected chi connectivity index (χ0v) is 19.1. The van der Waals surface area contributed by atoms with Crippen LogP contribution in [0.3, 0.4) is 0 Å². The Balaban J connectivity index is 2.17. The number of aliphatic hydroxyl groups excluding tert-OH is 1. The lowest BCUT2D eigenvalue weighted by atomic mass is 9.97. The summed E-state index contributed by atoms with van der Waals surface area (Å²) in [5.74, 6) is -3.14. The fourth-order valence-corrected chi connectivity index (χ4v) is 4.05. The number of nitrogens with zero attached hydrogens (tertiary/aromatic N) is 1. The van der Waals surface area contributed by atoms with Gasteiger partial charge < -0.3 is 24.4 Å². The molecule has 1 fully saturated rings. The molecule has 10 heteroatoms. The fourth-order valence-electron chi connectivity index (χ4n) is 3.53. The van der Waals surface area contributed by atoms with Crippen molar-refractivity contribution in [1.82, 2.24) is 4.90 Å². The number of cyclic esters (lactones) is 1. The maximum absolute atomic E-state index is 13.1. The number of carbonyl (C=O) groups excluding carboxylic acids is 3. The number of hydrogen-bond donors (Lipinski definition) is 2. The third-order valence-electron chi connectivity index (χ3n) is 5.35. The summed E-state index contributed by atoms with van der Waals surface area (Å²) in [6.07, 6.45) is 0.555. The number of hydrogen-bond acceptors (Lipinski definition) is 8. The van der Waals surface area contributed by atoms with Gasteiger partial charge in [0.25, 0.3) is 5.91 Å². The van der Waals surface area contributed by atoms with Crippen LogP contribution in [0, 0.1) is 5.92 Å². The summed E-state index contributed by atoms with van der Waals surface area (Å²) in [6.45, 7) is 3.88. The SMILES string of the molecule is CO[C@H](C(=O)N1C(=O)OC[C@@H]1C(C)C)[C@H]1O[C@](O)(CCCCCCO)C(Br)=CC1=O. The van der Waals surface area contributed by atoms with E-state index in [9.17, 15) is 19.5 Å². The average Bonchev–Trinajstić information content (AvgIpc) is 3.08. The fraction of sp³-hybridized carbons (Fsp3) is 0.750. The first-order valence-corrected chi connectivity index (χ1v) is 10.9. The van der Waals surface area contributed by atoms with Crippen LogP contribution in [-0.4, -0.2) is 77.3 Å². The van der Waals surface area contributed by atoms with Crippen molar-refractivity contribution in [3.8, 4) is 0 Å². The van der Waals surface area contributed by atoms with E-state index in [1.807, 2.05) is 13.8 Å². The molecule has 4 atom stereocenters. The second kappa shape index (κ2) is 10.8. The number of halogens is 1. The van der Waals surface area contributed by atoms with Gasteiger partial charge in [-0.3, -0.25) is 9.59 Å². The monoisotopic (exact) mass is 491 g/mol. The van der Waals surface area contributed by atoms with Crippen LogP contribution in [0.2, 0.25) is 0 Å². The minimum absolute atomic E-state index is 0.0502. The molecule has 0 aromatic rings. The van der Waals surface area contributed by atoms with E-state index in [0.29, 0.717) is 12.8 Å². The summed E-state index contributed by atoms with van der Waals surface area (Å²) in [5.41, 5.74) is 0. The molecule has 0 aliphatic carbocycles. The highest BCUT2D eigenvalue weighted by Crippen LogP contribution is 2.36. The number of amides is 2. The summed E-state index contributed by atoms with van der Waals surface area (Å²) in [4.78, 5) is 38.8. The Morgan fingerprint density at radius 2 is 2.00 bits per heavy atom. The zero-order valence-electron chi connectivity index (χ0n) is 17.5. The molecule has 0 unspecified atom stereocenters. The quantitative estimate of drug-likeness (QED) is 0.444. The van der Waals surface area contributed by atoms with Crippen molar-refractivity contribution < 1.29 is 38.8 Å². The summed E-state index contributed by atoms with van der Waals surface area (Å²) in [6, 6.07) is -0.478. The Labute approximate surface area is 184 Å². The Morgan fingerprint density at radius 3 is 2.60 bits per heavy atom. The smallest absolute Gasteiger partial charge is 0.417 e. The normalized spacial score (nSPS) is 28.0. The van der Waals surface area contributed by atoms with Gasteiger partial charge in [-0.2, -0.15) is 0 Å². The Kier molecular flexibility index (Phi) is 8.98. The molecule has 1 saturated heterocycles. The van der Waals surface area contributed by atoms with Crippen molar-refractivity contribution >= 4 is 33.7 Å². The first-order chi connectivity index (χ1) is 14.2. The number of ketones is 1. The third kappa shape index (κ3) is 5.47. The van der Waals surface area contributed by atoms with Gasteiger partial charge in [-0.05, 0) is 40.8 Å². The van der Waals surface area contributed by atoms with E-state index in [2.05, 4.69) is 15.9 Å². The minimum atomic E-state index is -1.79. The van der Waals surface area contributed by atoms with E-state index in [1.165, 1.54) is 13.2 Å². The van der Waals surface area contributed by atoms with Gasteiger partial charge in [0.15, 0.2) is 23.8 Å². The number of methoxy groups -OCH3 is 1. The van der Waals surface area contributed by atoms with Gasteiger partial charge in [-0.1, -0.05) is 26.7 Å². The molecule has 9 nitrogen and oxygen atoms in total. The van der Waals surface area contributed by atoms with E-state index in [1.54, 1.807) is 0 Å². The van der Waals surface area contributed by atoms with E-state index in [-0.39, 0.29) is 30.0 Å². The Morgan fingerprint density at radius 1 is 1.33 bits per heavy atom. The lowest BCUT2D eigenvalue weighted by molar-refractivity contribution is -0.227. The summed E-state index contributed by atoms with van der Waals surface area (Å²) >= 11 is 3.19. The molecule has 2 heterocycles. The summed E-state index contributed by atoms with van der Waals surface area (Å²) in [5, 5.41) is 19.8. The molecule has 0 aromatic heterocycles. The second-order valence-corrected chi connectivity index (χ2v) is 8.71. The van der Waals surface area contributed by atoms with Crippen LogP contribution in [0.15, 0.2) is 10.6 Å². The van der Waals surface area contributed by atoms with Crippen LogP contribution >= 0.6 is 15.9 Å². The molecule has 2 rings (SSSR count). The van der Waals surface area contributed by atoms with E-state index in [0.717, 1.165) is 17.7 Å². The third-order valence-corrected chi connectivity index (χ3v) is 6.20. The summed E-state index contributed by atoms with van der Waals surface area (Å²) < 4.78 is 16.1. The maximum atomic E-state index is 13.1. The molecule has 0 saturated carbocycles. The van der Waals surface area contributed by atoms with Gasteiger partial charge in [0.1, 0.15) is 6.61 Å². The van der Waals surface area contributed by atoms with Gasteiger partial charge in [-0.15, -0.1) is 0 Å². The molecular formula is C20H30BrNO8. The molecular weight excluding hydrogens is 462 g/mol. The van der Waals surface area contributed by atoms with Crippen LogP contribution in [-0.2, 0) is 23.8 Å². The number of imide groups is 1. The topological polar surface area (TPSA) is 123 Å². The lowest BCUT2D eigenvalue weighted by Crippen LogP contribution is -2.56. The molecule has 0 aromatic carbocycles. The lowest BCUT2D eigenvalue weighted by Gasteiger charge is -2.38. The average molecular weight is 492 g/mol. The van der Waals surface area contributed by atoms with E-state index < -0.39 is 41.8 Å². The van der Waals surface area contributed by atoms with Gasteiger partial charge in [0.2, 0.25) is 0 Å². The van der Waals surface area contributed by atoms with Crippen molar-refractivity contribution in [3.05, 3.63) is 10.6 Å². The standard InChI is InChI=1S/C20H30BrNO8/c1-12(2)13-11-29-19(26)22(13)18(25)17(28-3)16-14(24)10-15(21)20(27,30-16)8-6-4-5-7-9-23/h10,12-13,16-17,23,27H,4-9,11H2,1-3H3/t13-,16+,17+,20-/m1/s1. The van der Waals surface area contributed by atoms with Crippen molar-refractivity contribution in [1.29, 1.82) is 0 Å². The van der Waals surface area contributed by atoms with Crippen LogP contribution < -0.4 is 0 Å². The molecule has 0 spiro atoms. The Hall–Kier alpha value is -1.33. The molecule has 2 N–H and O–H groups in total.